The monoisotopic (exact) mass is 254 g/mol. The lowest BCUT2D eigenvalue weighted by atomic mass is 10.1. The molecule has 2 unspecified atom stereocenters. The van der Waals surface area contributed by atoms with Crippen LogP contribution in [0.2, 0.25) is 0 Å². The van der Waals surface area contributed by atoms with Crippen molar-refractivity contribution in [3.63, 3.8) is 0 Å². The molecular formula is C14H23ClN2. The SMILES string of the molecule is Cc1cccc(CN2CC(CN)CC2C)c1.Cl. The van der Waals surface area contributed by atoms with E-state index in [1.54, 1.807) is 0 Å². The van der Waals surface area contributed by atoms with Crippen molar-refractivity contribution in [1.29, 1.82) is 0 Å². The second-order valence-electron chi connectivity index (χ2n) is 5.10. The zero-order valence-electron chi connectivity index (χ0n) is 10.7. The molecule has 0 aromatic heterocycles. The fourth-order valence-electron chi connectivity index (χ4n) is 2.65. The van der Waals surface area contributed by atoms with E-state index in [2.05, 4.69) is 43.0 Å². The van der Waals surface area contributed by atoms with E-state index in [4.69, 9.17) is 5.73 Å². The Kier molecular flexibility index (Phi) is 5.44. The smallest absolute Gasteiger partial charge is 0.0236 e. The fourth-order valence-corrected chi connectivity index (χ4v) is 2.65. The lowest BCUT2D eigenvalue weighted by Crippen LogP contribution is -2.27. The first kappa shape index (κ1) is 14.5. The van der Waals surface area contributed by atoms with Crippen LogP contribution in [0.15, 0.2) is 24.3 Å². The molecule has 1 aromatic rings. The number of hydrogen-bond donors (Lipinski definition) is 1. The third kappa shape index (κ3) is 3.70. The molecule has 2 rings (SSSR count). The van der Waals surface area contributed by atoms with Crippen LogP contribution in [0.3, 0.4) is 0 Å². The molecule has 96 valence electrons. The number of aryl methyl sites for hydroxylation is 1. The lowest BCUT2D eigenvalue weighted by molar-refractivity contribution is 0.256. The van der Waals surface area contributed by atoms with Gasteiger partial charge in [-0.1, -0.05) is 29.8 Å². The highest BCUT2D eigenvalue weighted by atomic mass is 35.5. The average molecular weight is 255 g/mol. The Balaban J connectivity index is 0.00000144. The van der Waals surface area contributed by atoms with Crippen LogP contribution in [0.4, 0.5) is 0 Å². The third-order valence-corrected chi connectivity index (χ3v) is 3.59. The predicted octanol–water partition coefficient (Wildman–Crippen LogP) is 2.59. The normalized spacial score (nSPS) is 24.6. The summed E-state index contributed by atoms with van der Waals surface area (Å²) < 4.78 is 0. The summed E-state index contributed by atoms with van der Waals surface area (Å²) in [4.78, 5) is 2.55. The Morgan fingerprint density at radius 2 is 2.18 bits per heavy atom. The standard InChI is InChI=1S/C14H22N2.ClH/c1-11-4-3-5-13(6-11)9-16-10-14(8-15)7-12(16)2;/h3-6,12,14H,7-10,15H2,1-2H3;1H. The first-order valence-electron chi connectivity index (χ1n) is 6.18. The Labute approximate surface area is 111 Å². The van der Waals surface area contributed by atoms with E-state index >= 15 is 0 Å². The van der Waals surface area contributed by atoms with Gasteiger partial charge in [-0.3, -0.25) is 4.90 Å². The van der Waals surface area contributed by atoms with E-state index in [1.807, 2.05) is 0 Å². The van der Waals surface area contributed by atoms with Crippen LogP contribution in [-0.4, -0.2) is 24.0 Å². The van der Waals surface area contributed by atoms with Gasteiger partial charge in [0, 0.05) is 19.1 Å². The summed E-state index contributed by atoms with van der Waals surface area (Å²) in [7, 11) is 0. The largest absolute Gasteiger partial charge is 0.330 e. The second-order valence-corrected chi connectivity index (χ2v) is 5.10. The number of likely N-dealkylation sites (tertiary alicyclic amines) is 1. The van der Waals surface area contributed by atoms with E-state index < -0.39 is 0 Å². The minimum atomic E-state index is 0. The van der Waals surface area contributed by atoms with Crippen molar-refractivity contribution < 1.29 is 0 Å². The van der Waals surface area contributed by atoms with Crippen molar-refractivity contribution in [2.75, 3.05) is 13.1 Å². The number of rotatable bonds is 3. The maximum absolute atomic E-state index is 5.75. The molecule has 1 aliphatic heterocycles. The second kappa shape index (κ2) is 6.39. The lowest BCUT2D eigenvalue weighted by Gasteiger charge is -2.21. The molecule has 0 radical (unpaired) electrons. The van der Waals surface area contributed by atoms with Crippen molar-refractivity contribution >= 4 is 12.4 Å². The predicted molar refractivity (Wildman–Crippen MR) is 75.5 cm³/mol. The minimum Gasteiger partial charge on any atom is -0.330 e. The van der Waals surface area contributed by atoms with Crippen LogP contribution in [0.1, 0.15) is 24.5 Å². The van der Waals surface area contributed by atoms with Crippen LogP contribution in [-0.2, 0) is 6.54 Å². The molecule has 1 fully saturated rings. The van der Waals surface area contributed by atoms with Gasteiger partial charge in [0.05, 0.1) is 0 Å². The van der Waals surface area contributed by atoms with Gasteiger partial charge in [-0.05, 0) is 38.3 Å². The highest BCUT2D eigenvalue weighted by Gasteiger charge is 2.27. The van der Waals surface area contributed by atoms with Gasteiger partial charge in [0.25, 0.3) is 0 Å². The maximum Gasteiger partial charge on any atom is 0.0236 e. The molecule has 3 heteroatoms. The van der Waals surface area contributed by atoms with Crippen LogP contribution in [0.25, 0.3) is 0 Å². The Morgan fingerprint density at radius 3 is 2.76 bits per heavy atom. The Bertz CT molecular complexity index is 354. The van der Waals surface area contributed by atoms with Gasteiger partial charge in [-0.2, -0.15) is 0 Å². The van der Waals surface area contributed by atoms with Gasteiger partial charge in [0.15, 0.2) is 0 Å². The van der Waals surface area contributed by atoms with Crippen molar-refractivity contribution in [2.45, 2.75) is 32.9 Å². The number of nitrogens with two attached hydrogens (primary N) is 1. The molecule has 1 aromatic carbocycles. The summed E-state index contributed by atoms with van der Waals surface area (Å²) in [6.45, 7) is 7.52. The molecule has 2 nitrogen and oxygen atoms in total. The maximum atomic E-state index is 5.75. The fraction of sp³-hybridized carbons (Fsp3) is 0.571. The molecule has 1 heterocycles. The third-order valence-electron chi connectivity index (χ3n) is 3.59. The van der Waals surface area contributed by atoms with Gasteiger partial charge in [-0.15, -0.1) is 12.4 Å². The van der Waals surface area contributed by atoms with Crippen LogP contribution in [0, 0.1) is 12.8 Å². The van der Waals surface area contributed by atoms with Crippen molar-refractivity contribution in [3.05, 3.63) is 35.4 Å². The highest BCUT2D eigenvalue weighted by Crippen LogP contribution is 2.24. The average Bonchev–Trinajstić information content (AvgIpc) is 2.60. The molecular weight excluding hydrogens is 232 g/mol. The first-order chi connectivity index (χ1) is 7.69. The molecule has 1 aliphatic rings. The summed E-state index contributed by atoms with van der Waals surface area (Å²) in [6, 6.07) is 9.47. The molecule has 2 N–H and O–H groups in total. The van der Waals surface area contributed by atoms with Gasteiger partial charge >= 0.3 is 0 Å². The van der Waals surface area contributed by atoms with E-state index in [1.165, 1.54) is 17.5 Å². The summed E-state index contributed by atoms with van der Waals surface area (Å²) in [6.07, 6.45) is 1.25. The van der Waals surface area contributed by atoms with Crippen LogP contribution >= 0.6 is 12.4 Å². The summed E-state index contributed by atoms with van der Waals surface area (Å²) in [5.74, 6) is 0.694. The molecule has 0 aliphatic carbocycles. The number of halogens is 1. The Hall–Kier alpha value is -0.570. The molecule has 1 saturated heterocycles. The molecule has 2 atom stereocenters. The number of hydrogen-bond acceptors (Lipinski definition) is 2. The van der Waals surface area contributed by atoms with Gasteiger partial charge in [-0.25, -0.2) is 0 Å². The van der Waals surface area contributed by atoms with Crippen molar-refractivity contribution in [2.24, 2.45) is 11.7 Å². The summed E-state index contributed by atoms with van der Waals surface area (Å²) >= 11 is 0. The molecule has 0 amide bonds. The Morgan fingerprint density at radius 1 is 1.41 bits per heavy atom. The van der Waals surface area contributed by atoms with E-state index in [9.17, 15) is 0 Å². The van der Waals surface area contributed by atoms with Crippen molar-refractivity contribution in [1.82, 2.24) is 4.90 Å². The molecule has 0 bridgehead atoms. The van der Waals surface area contributed by atoms with Gasteiger partial charge < -0.3 is 5.73 Å². The first-order valence-corrected chi connectivity index (χ1v) is 6.18. The summed E-state index contributed by atoms with van der Waals surface area (Å²) in [5.41, 5.74) is 8.52. The van der Waals surface area contributed by atoms with E-state index in [0.717, 1.165) is 19.6 Å². The van der Waals surface area contributed by atoms with E-state index in [0.29, 0.717) is 12.0 Å². The van der Waals surface area contributed by atoms with Gasteiger partial charge in [0.1, 0.15) is 0 Å². The number of nitrogens with zero attached hydrogens (tertiary/aromatic N) is 1. The van der Waals surface area contributed by atoms with Crippen molar-refractivity contribution in [3.8, 4) is 0 Å². The quantitative estimate of drug-likeness (QED) is 0.899. The summed E-state index contributed by atoms with van der Waals surface area (Å²) in [5, 5.41) is 0. The number of benzene rings is 1. The highest BCUT2D eigenvalue weighted by molar-refractivity contribution is 5.85. The molecule has 17 heavy (non-hydrogen) atoms. The van der Waals surface area contributed by atoms with Gasteiger partial charge in [0.2, 0.25) is 0 Å². The van der Waals surface area contributed by atoms with E-state index in [-0.39, 0.29) is 12.4 Å². The van der Waals surface area contributed by atoms with Crippen LogP contribution in [0.5, 0.6) is 0 Å². The minimum absolute atomic E-state index is 0. The molecule has 0 spiro atoms. The zero-order chi connectivity index (χ0) is 11.5. The van der Waals surface area contributed by atoms with Crippen LogP contribution < -0.4 is 5.73 Å². The zero-order valence-corrected chi connectivity index (χ0v) is 11.5. The topological polar surface area (TPSA) is 29.3 Å². The molecule has 0 saturated carbocycles.